The molecule has 0 fully saturated rings. The smallest absolute Gasteiger partial charge is 0.183 e. The lowest BCUT2D eigenvalue weighted by atomic mass is 10.2. The monoisotopic (exact) mass is 258 g/mol. The van der Waals surface area contributed by atoms with Crippen LogP contribution in [0.4, 0.5) is 0 Å². The first-order valence-electron chi connectivity index (χ1n) is 5.27. The van der Waals surface area contributed by atoms with Crippen LogP contribution in [-0.4, -0.2) is 41.7 Å². The van der Waals surface area contributed by atoms with Crippen molar-refractivity contribution in [3.05, 3.63) is 29.8 Å². The predicted octanol–water partition coefficient (Wildman–Crippen LogP) is 1.08. The molecule has 17 heavy (non-hydrogen) atoms. The molecule has 5 heteroatoms. The summed E-state index contributed by atoms with van der Waals surface area (Å²) in [6, 6.07) is 7.38. The Hall–Kier alpha value is -0.750. The number of benzene rings is 1. The first kappa shape index (κ1) is 14.3. The van der Waals surface area contributed by atoms with Crippen molar-refractivity contribution < 1.29 is 18.8 Å². The third-order valence-electron chi connectivity index (χ3n) is 2.38. The highest BCUT2D eigenvalue weighted by Gasteiger charge is 2.21. The fourth-order valence-electron chi connectivity index (χ4n) is 1.43. The van der Waals surface area contributed by atoms with Gasteiger partial charge < -0.3 is 14.6 Å². The second kappa shape index (κ2) is 6.86. The van der Waals surface area contributed by atoms with Gasteiger partial charge in [-0.3, -0.25) is 4.21 Å². The largest absolute Gasteiger partial charge is 0.387 e. The number of hydrogen-bond acceptors (Lipinski definition) is 4. The van der Waals surface area contributed by atoms with Gasteiger partial charge in [-0.15, -0.1) is 0 Å². The van der Waals surface area contributed by atoms with Gasteiger partial charge in [0.05, 0.1) is 16.6 Å². The Bertz CT molecular complexity index is 359. The average Bonchev–Trinajstić information content (AvgIpc) is 2.31. The molecule has 4 nitrogen and oxygen atoms in total. The van der Waals surface area contributed by atoms with E-state index in [9.17, 15) is 9.32 Å². The molecule has 0 aliphatic heterocycles. The highest BCUT2D eigenvalue weighted by Crippen LogP contribution is 2.11. The Morgan fingerprint density at radius 3 is 2.24 bits per heavy atom. The molecule has 1 unspecified atom stereocenters. The standard InChI is InChI=1S/C12H18O4S/c1-9-4-6-10(7-5-9)17(14)8-11(13)12(15-2)16-3/h4-7,11-13H,8H2,1-3H3/t11-,17?/m1/s1. The zero-order valence-electron chi connectivity index (χ0n) is 10.3. The Morgan fingerprint density at radius 1 is 1.24 bits per heavy atom. The number of methoxy groups -OCH3 is 2. The third-order valence-corrected chi connectivity index (χ3v) is 3.83. The number of ether oxygens (including phenoxy) is 2. The van der Waals surface area contributed by atoms with Crippen LogP contribution < -0.4 is 0 Å². The van der Waals surface area contributed by atoms with E-state index in [4.69, 9.17) is 9.47 Å². The first-order chi connectivity index (χ1) is 8.08. The molecule has 1 rings (SSSR count). The van der Waals surface area contributed by atoms with Crippen LogP contribution in [0.3, 0.4) is 0 Å². The molecule has 0 saturated heterocycles. The average molecular weight is 258 g/mol. The van der Waals surface area contributed by atoms with Gasteiger partial charge >= 0.3 is 0 Å². The van der Waals surface area contributed by atoms with Crippen molar-refractivity contribution in [3.63, 3.8) is 0 Å². The van der Waals surface area contributed by atoms with E-state index < -0.39 is 23.2 Å². The van der Waals surface area contributed by atoms with Crippen LogP contribution in [-0.2, 0) is 20.3 Å². The van der Waals surface area contributed by atoms with Gasteiger partial charge in [-0.2, -0.15) is 0 Å². The summed E-state index contributed by atoms with van der Waals surface area (Å²) in [7, 11) is 1.62. The predicted molar refractivity (Wildman–Crippen MR) is 66.3 cm³/mol. The Balaban J connectivity index is 2.62. The molecule has 0 aromatic heterocycles. The van der Waals surface area contributed by atoms with E-state index in [1.165, 1.54) is 14.2 Å². The van der Waals surface area contributed by atoms with Crippen LogP contribution in [0.5, 0.6) is 0 Å². The van der Waals surface area contributed by atoms with Crippen LogP contribution in [0.1, 0.15) is 5.56 Å². The summed E-state index contributed by atoms with van der Waals surface area (Å²) in [5, 5.41) is 9.75. The molecule has 1 N–H and O–H groups in total. The maximum absolute atomic E-state index is 11.9. The number of aliphatic hydroxyl groups is 1. The quantitative estimate of drug-likeness (QED) is 0.776. The number of aryl methyl sites for hydroxylation is 1. The molecule has 0 bridgehead atoms. The van der Waals surface area contributed by atoms with Crippen molar-refractivity contribution in [1.82, 2.24) is 0 Å². The SMILES string of the molecule is COC(OC)[C@H](O)CS(=O)c1ccc(C)cc1. The molecule has 0 heterocycles. The second-order valence-corrected chi connectivity index (χ2v) is 5.23. The fraction of sp³-hybridized carbons (Fsp3) is 0.500. The third kappa shape index (κ3) is 4.20. The first-order valence-corrected chi connectivity index (χ1v) is 6.59. The summed E-state index contributed by atoms with van der Waals surface area (Å²) in [5.74, 6) is 0.0927. The second-order valence-electron chi connectivity index (χ2n) is 3.73. The van der Waals surface area contributed by atoms with Gasteiger partial charge in [-0.05, 0) is 19.1 Å². The van der Waals surface area contributed by atoms with E-state index in [1.54, 1.807) is 12.1 Å². The summed E-state index contributed by atoms with van der Waals surface area (Å²) >= 11 is 0. The molecule has 0 saturated carbocycles. The number of rotatable bonds is 6. The van der Waals surface area contributed by atoms with Gasteiger partial charge in [0.15, 0.2) is 6.29 Å². The molecular formula is C12H18O4S. The molecule has 1 aromatic rings. The minimum atomic E-state index is -1.26. The normalized spacial score (nSPS) is 14.9. The summed E-state index contributed by atoms with van der Waals surface area (Å²) in [4.78, 5) is 0.695. The minimum Gasteiger partial charge on any atom is -0.387 e. The van der Waals surface area contributed by atoms with Crippen LogP contribution in [0, 0.1) is 6.92 Å². The lowest BCUT2D eigenvalue weighted by Crippen LogP contribution is -2.34. The van der Waals surface area contributed by atoms with Crippen LogP contribution in [0.25, 0.3) is 0 Å². The van der Waals surface area contributed by atoms with E-state index in [-0.39, 0.29) is 5.75 Å². The molecule has 0 spiro atoms. The van der Waals surface area contributed by atoms with Crippen LogP contribution in [0.2, 0.25) is 0 Å². The Morgan fingerprint density at radius 2 is 1.76 bits per heavy atom. The Kier molecular flexibility index (Phi) is 5.77. The van der Waals surface area contributed by atoms with Gasteiger partial charge in [0, 0.05) is 19.1 Å². The van der Waals surface area contributed by atoms with Crippen molar-refractivity contribution in [2.24, 2.45) is 0 Å². The summed E-state index contributed by atoms with van der Waals surface area (Å²) in [6.45, 7) is 1.97. The number of aliphatic hydroxyl groups excluding tert-OH is 1. The molecular weight excluding hydrogens is 240 g/mol. The van der Waals surface area contributed by atoms with Gasteiger partial charge in [0.25, 0.3) is 0 Å². The van der Waals surface area contributed by atoms with Gasteiger partial charge in [-0.25, -0.2) is 0 Å². The molecule has 2 atom stereocenters. The molecule has 0 amide bonds. The van der Waals surface area contributed by atoms with Crippen molar-refractivity contribution in [2.75, 3.05) is 20.0 Å². The maximum Gasteiger partial charge on any atom is 0.183 e. The van der Waals surface area contributed by atoms with Crippen LogP contribution >= 0.6 is 0 Å². The van der Waals surface area contributed by atoms with E-state index in [1.807, 2.05) is 19.1 Å². The van der Waals surface area contributed by atoms with E-state index in [0.29, 0.717) is 4.90 Å². The van der Waals surface area contributed by atoms with Gasteiger partial charge in [-0.1, -0.05) is 17.7 Å². The van der Waals surface area contributed by atoms with Gasteiger partial charge in [0.2, 0.25) is 0 Å². The topological polar surface area (TPSA) is 55.8 Å². The zero-order chi connectivity index (χ0) is 12.8. The van der Waals surface area contributed by atoms with E-state index in [0.717, 1.165) is 5.56 Å². The highest BCUT2D eigenvalue weighted by molar-refractivity contribution is 7.85. The zero-order valence-corrected chi connectivity index (χ0v) is 11.1. The van der Waals surface area contributed by atoms with Crippen molar-refractivity contribution >= 4 is 10.8 Å². The molecule has 96 valence electrons. The van der Waals surface area contributed by atoms with Crippen LogP contribution in [0.15, 0.2) is 29.2 Å². The van der Waals surface area contributed by atoms with Crippen molar-refractivity contribution in [1.29, 1.82) is 0 Å². The summed E-state index contributed by atoms with van der Waals surface area (Å²) in [6.07, 6.45) is -1.66. The lowest BCUT2D eigenvalue weighted by Gasteiger charge is -2.19. The van der Waals surface area contributed by atoms with Gasteiger partial charge in [0.1, 0.15) is 6.10 Å². The molecule has 0 radical (unpaired) electrons. The van der Waals surface area contributed by atoms with Crippen molar-refractivity contribution in [3.8, 4) is 0 Å². The highest BCUT2D eigenvalue weighted by atomic mass is 32.2. The summed E-state index contributed by atoms with van der Waals surface area (Å²) in [5.41, 5.74) is 1.11. The molecule has 0 aliphatic carbocycles. The lowest BCUT2D eigenvalue weighted by molar-refractivity contribution is -0.157. The fourth-order valence-corrected chi connectivity index (χ4v) is 2.53. The van der Waals surface area contributed by atoms with Crippen molar-refractivity contribution in [2.45, 2.75) is 24.2 Å². The number of hydrogen-bond donors (Lipinski definition) is 1. The van der Waals surface area contributed by atoms with E-state index in [2.05, 4.69) is 0 Å². The maximum atomic E-state index is 11.9. The van der Waals surface area contributed by atoms with E-state index >= 15 is 0 Å². The molecule has 0 aliphatic rings. The Labute approximate surface area is 104 Å². The molecule has 1 aromatic carbocycles. The minimum absolute atomic E-state index is 0.0927. The summed E-state index contributed by atoms with van der Waals surface area (Å²) < 4.78 is 21.8.